The monoisotopic (exact) mass is 418 g/mol. The molecule has 0 saturated heterocycles. The predicted molar refractivity (Wildman–Crippen MR) is 110 cm³/mol. The van der Waals surface area contributed by atoms with Crippen LogP contribution in [0.15, 0.2) is 35.5 Å². The van der Waals surface area contributed by atoms with Gasteiger partial charge in [-0.05, 0) is 55.4 Å². The third kappa shape index (κ3) is 4.71. The van der Waals surface area contributed by atoms with Crippen LogP contribution in [0.1, 0.15) is 38.5 Å². The van der Waals surface area contributed by atoms with Gasteiger partial charge in [0.25, 0.3) is 0 Å². The Balaban J connectivity index is 1.46. The van der Waals surface area contributed by atoms with E-state index in [2.05, 4.69) is 10.3 Å². The molecule has 2 N–H and O–H groups in total. The topological polar surface area (TPSA) is 62.2 Å². The lowest BCUT2D eigenvalue weighted by Gasteiger charge is -2.14. The number of benzene rings is 1. The van der Waals surface area contributed by atoms with Gasteiger partial charge in [-0.2, -0.15) is 0 Å². The summed E-state index contributed by atoms with van der Waals surface area (Å²) >= 11 is 1.70. The molecule has 29 heavy (non-hydrogen) atoms. The lowest BCUT2D eigenvalue weighted by Crippen LogP contribution is -2.08. The van der Waals surface area contributed by atoms with E-state index in [0.29, 0.717) is 30.2 Å². The summed E-state index contributed by atoms with van der Waals surface area (Å²) < 4.78 is 29.3. The largest absolute Gasteiger partial charge is 0.481 e. The van der Waals surface area contributed by atoms with Crippen LogP contribution in [0.5, 0.6) is 0 Å². The number of nitrogens with zero attached hydrogens (tertiary/aromatic N) is 1. The van der Waals surface area contributed by atoms with Crippen molar-refractivity contribution >= 4 is 23.4 Å². The van der Waals surface area contributed by atoms with Gasteiger partial charge in [0, 0.05) is 23.6 Å². The summed E-state index contributed by atoms with van der Waals surface area (Å²) in [6.07, 6.45) is 7.68. The van der Waals surface area contributed by atoms with Gasteiger partial charge >= 0.3 is 5.97 Å². The Morgan fingerprint density at radius 1 is 1.24 bits per heavy atom. The molecule has 2 aliphatic carbocycles. The van der Waals surface area contributed by atoms with Crippen molar-refractivity contribution in [2.75, 3.05) is 11.9 Å². The van der Waals surface area contributed by atoms with Gasteiger partial charge in [-0.3, -0.25) is 4.79 Å². The maximum absolute atomic E-state index is 14.7. The first-order valence-electron chi connectivity index (χ1n) is 10.1. The third-order valence-corrected chi connectivity index (χ3v) is 7.11. The zero-order valence-corrected chi connectivity index (χ0v) is 16.9. The molecule has 2 aliphatic rings. The van der Waals surface area contributed by atoms with E-state index in [1.165, 1.54) is 25.0 Å². The highest BCUT2D eigenvalue weighted by Crippen LogP contribution is 2.42. The van der Waals surface area contributed by atoms with E-state index in [0.717, 1.165) is 23.4 Å². The molecule has 0 radical (unpaired) electrons. The molecule has 1 heterocycles. The van der Waals surface area contributed by atoms with E-state index < -0.39 is 17.6 Å². The van der Waals surface area contributed by atoms with Crippen LogP contribution >= 0.6 is 11.8 Å². The second kappa shape index (κ2) is 8.69. The Morgan fingerprint density at radius 3 is 2.62 bits per heavy atom. The summed E-state index contributed by atoms with van der Waals surface area (Å²) in [7, 11) is 0. The number of aliphatic carboxylic acids is 1. The van der Waals surface area contributed by atoms with Crippen molar-refractivity contribution in [3.8, 4) is 11.1 Å². The number of hydrogen-bond donors (Lipinski definition) is 2. The first-order chi connectivity index (χ1) is 14.0. The van der Waals surface area contributed by atoms with Gasteiger partial charge in [-0.1, -0.05) is 18.9 Å². The minimum atomic E-state index is -0.792. The van der Waals surface area contributed by atoms with Gasteiger partial charge < -0.3 is 10.4 Å². The molecule has 0 aliphatic heterocycles. The minimum Gasteiger partial charge on any atom is -0.481 e. The number of carboxylic acids is 1. The van der Waals surface area contributed by atoms with E-state index in [1.54, 1.807) is 24.0 Å². The number of thioether (sulfide) groups is 1. The van der Waals surface area contributed by atoms with E-state index >= 15 is 0 Å². The molecule has 4 rings (SSSR count). The van der Waals surface area contributed by atoms with Crippen molar-refractivity contribution in [2.45, 2.75) is 48.8 Å². The molecular formula is C22H24F2N2O2S. The van der Waals surface area contributed by atoms with Crippen LogP contribution < -0.4 is 5.32 Å². The van der Waals surface area contributed by atoms with E-state index in [9.17, 15) is 13.6 Å². The summed E-state index contributed by atoms with van der Waals surface area (Å²) in [4.78, 5) is 15.3. The highest BCUT2D eigenvalue weighted by atomic mass is 32.2. The van der Waals surface area contributed by atoms with E-state index in [4.69, 9.17) is 5.11 Å². The second-order valence-corrected chi connectivity index (χ2v) is 9.14. The number of pyridine rings is 1. The quantitative estimate of drug-likeness (QED) is 0.586. The summed E-state index contributed by atoms with van der Waals surface area (Å²) in [5.41, 5.74) is 1.07. The zero-order chi connectivity index (χ0) is 20.4. The molecule has 1 unspecified atom stereocenters. The molecule has 2 fully saturated rings. The van der Waals surface area contributed by atoms with Crippen molar-refractivity contribution in [3.05, 3.63) is 42.1 Å². The van der Waals surface area contributed by atoms with Crippen molar-refractivity contribution in [1.82, 2.24) is 4.98 Å². The third-order valence-electron chi connectivity index (χ3n) is 5.76. The molecule has 1 aromatic carbocycles. The van der Waals surface area contributed by atoms with Crippen molar-refractivity contribution in [3.63, 3.8) is 0 Å². The molecule has 7 heteroatoms. The smallest absolute Gasteiger partial charge is 0.306 e. The molecule has 1 aromatic heterocycles. The van der Waals surface area contributed by atoms with Crippen molar-refractivity contribution in [1.29, 1.82) is 0 Å². The SMILES string of the molecule is O=C(O)[C@@H]1CC1CCNc1c(F)cc(-c2cccnc2SC2CCCC2)cc1F. The Hall–Kier alpha value is -2.15. The van der Waals surface area contributed by atoms with Gasteiger partial charge in [-0.15, -0.1) is 11.8 Å². The first kappa shape index (κ1) is 20.1. The molecule has 154 valence electrons. The summed E-state index contributed by atoms with van der Waals surface area (Å²) in [5, 5.41) is 13.1. The summed E-state index contributed by atoms with van der Waals surface area (Å²) in [6, 6.07) is 6.33. The van der Waals surface area contributed by atoms with Crippen molar-refractivity contribution < 1.29 is 18.7 Å². The average molecular weight is 419 g/mol. The maximum atomic E-state index is 14.7. The van der Waals surface area contributed by atoms with E-state index in [1.807, 2.05) is 6.07 Å². The fraction of sp³-hybridized carbons (Fsp3) is 0.455. The van der Waals surface area contributed by atoms with Gasteiger partial charge in [0.05, 0.1) is 5.92 Å². The second-order valence-electron chi connectivity index (χ2n) is 7.85. The van der Waals surface area contributed by atoms with Crippen LogP contribution in [0, 0.1) is 23.5 Å². The fourth-order valence-electron chi connectivity index (χ4n) is 4.02. The molecular weight excluding hydrogens is 394 g/mol. The molecule has 0 bridgehead atoms. The van der Waals surface area contributed by atoms with Gasteiger partial charge in [0.2, 0.25) is 0 Å². The number of carboxylic acid groups (broad SMARTS) is 1. The summed E-state index contributed by atoms with van der Waals surface area (Å²) in [6.45, 7) is 0.345. The Bertz CT molecular complexity index is 879. The molecule has 2 saturated carbocycles. The van der Waals surface area contributed by atoms with Crippen LogP contribution in [0.4, 0.5) is 14.5 Å². The molecule has 2 aromatic rings. The maximum Gasteiger partial charge on any atom is 0.306 e. The highest BCUT2D eigenvalue weighted by molar-refractivity contribution is 8.00. The number of halogens is 2. The number of rotatable bonds is 8. The van der Waals surface area contributed by atoms with E-state index in [-0.39, 0.29) is 17.5 Å². The number of nitrogens with one attached hydrogen (secondary N) is 1. The number of aromatic nitrogens is 1. The fourth-order valence-corrected chi connectivity index (χ4v) is 5.34. The Morgan fingerprint density at radius 2 is 1.97 bits per heavy atom. The first-order valence-corrected chi connectivity index (χ1v) is 11.0. The molecule has 0 spiro atoms. The highest BCUT2D eigenvalue weighted by Gasteiger charge is 2.42. The number of anilines is 1. The van der Waals surface area contributed by atoms with Crippen LogP contribution in [0.3, 0.4) is 0 Å². The van der Waals surface area contributed by atoms with Crippen LogP contribution in [-0.4, -0.2) is 27.9 Å². The Kier molecular flexibility index (Phi) is 6.04. The molecule has 0 amide bonds. The lowest BCUT2D eigenvalue weighted by molar-refractivity contribution is -0.138. The summed E-state index contributed by atoms with van der Waals surface area (Å²) in [5.74, 6) is -2.30. The number of hydrogen-bond acceptors (Lipinski definition) is 4. The van der Waals surface area contributed by atoms with Gasteiger partial charge in [-0.25, -0.2) is 13.8 Å². The van der Waals surface area contributed by atoms with Crippen LogP contribution in [0.25, 0.3) is 11.1 Å². The molecule has 2 atom stereocenters. The van der Waals surface area contributed by atoms with Crippen LogP contribution in [0.2, 0.25) is 0 Å². The number of carbonyl (C=O) groups is 1. The average Bonchev–Trinajstić information content (AvgIpc) is 3.30. The van der Waals surface area contributed by atoms with Crippen LogP contribution in [-0.2, 0) is 4.79 Å². The minimum absolute atomic E-state index is 0.0935. The Labute approximate surface area is 173 Å². The standard InChI is InChI=1S/C22H24F2N2O2S/c23-18-11-14(16-6-3-8-26-21(16)29-15-4-1-2-5-15)12-19(24)20(18)25-9-7-13-10-17(13)22(27)28/h3,6,8,11-13,15,17,25H,1-2,4-5,7,9-10H2,(H,27,28)/t13?,17-/m1/s1. The van der Waals surface area contributed by atoms with Gasteiger partial charge in [0.15, 0.2) is 0 Å². The lowest BCUT2D eigenvalue weighted by atomic mass is 10.1. The normalized spacial score (nSPS) is 21.3. The molecule has 4 nitrogen and oxygen atoms in total. The van der Waals surface area contributed by atoms with Gasteiger partial charge in [0.1, 0.15) is 22.3 Å². The van der Waals surface area contributed by atoms with Crippen molar-refractivity contribution in [2.24, 2.45) is 11.8 Å². The zero-order valence-electron chi connectivity index (χ0n) is 16.0. The predicted octanol–water partition coefficient (Wildman–Crippen LogP) is 5.58.